The number of carboxylic acids is 1. The van der Waals surface area contributed by atoms with Gasteiger partial charge in [-0.1, -0.05) is 13.3 Å². The number of carbonyl (C=O) groups excluding carboxylic acids is 1. The van der Waals surface area contributed by atoms with Crippen LogP contribution in [0.2, 0.25) is 0 Å². The van der Waals surface area contributed by atoms with Crippen molar-refractivity contribution in [2.45, 2.75) is 52.0 Å². The van der Waals surface area contributed by atoms with Crippen molar-refractivity contribution in [3.05, 3.63) is 21.4 Å². The lowest BCUT2D eigenvalue weighted by Crippen LogP contribution is -2.50. The van der Waals surface area contributed by atoms with Crippen molar-refractivity contribution in [2.24, 2.45) is 0 Å². The molecule has 1 atom stereocenters. The van der Waals surface area contributed by atoms with Gasteiger partial charge in [-0.3, -0.25) is 4.79 Å². The number of nitrogens with zero attached hydrogens (tertiary/aromatic N) is 1. The highest BCUT2D eigenvalue weighted by Gasteiger charge is 2.46. The molecule has 1 aliphatic heterocycles. The smallest absolute Gasteiger partial charge is 0.329 e. The minimum atomic E-state index is -1.06. The normalized spacial score (nSPS) is 22.2. The summed E-state index contributed by atoms with van der Waals surface area (Å²) in [5.74, 6) is -1.05. The fourth-order valence-corrected chi connectivity index (χ4v) is 3.81. The molecule has 1 fully saturated rings. The lowest BCUT2D eigenvalue weighted by atomic mass is 9.99. The summed E-state index contributed by atoms with van der Waals surface area (Å²) < 4.78 is 0. The topological polar surface area (TPSA) is 57.6 Å². The second-order valence-corrected chi connectivity index (χ2v) is 6.84. The van der Waals surface area contributed by atoms with Crippen LogP contribution in [0.3, 0.4) is 0 Å². The van der Waals surface area contributed by atoms with Crippen molar-refractivity contribution in [2.75, 3.05) is 6.54 Å². The van der Waals surface area contributed by atoms with Crippen LogP contribution in [-0.2, 0) is 11.2 Å². The molecule has 2 heterocycles. The first-order valence-corrected chi connectivity index (χ1v) is 7.86. The number of carbonyl (C=O) groups is 2. The summed E-state index contributed by atoms with van der Waals surface area (Å²) in [4.78, 5) is 27.4. The molecule has 5 heteroatoms. The van der Waals surface area contributed by atoms with Gasteiger partial charge in [-0.05, 0) is 44.7 Å². The predicted molar refractivity (Wildman–Crippen MR) is 79.4 cm³/mol. The molecule has 1 aliphatic rings. The monoisotopic (exact) mass is 295 g/mol. The molecule has 1 saturated heterocycles. The Labute approximate surface area is 123 Å². The number of hydrogen-bond acceptors (Lipinski definition) is 3. The zero-order valence-corrected chi connectivity index (χ0v) is 13.0. The lowest BCUT2D eigenvalue weighted by molar-refractivity contribution is -0.147. The summed E-state index contributed by atoms with van der Waals surface area (Å²) in [5, 5.41) is 9.39. The molecule has 4 nitrogen and oxygen atoms in total. The van der Waals surface area contributed by atoms with Crippen molar-refractivity contribution < 1.29 is 14.7 Å². The molecule has 1 unspecified atom stereocenters. The minimum absolute atomic E-state index is 0.136. The molecular weight excluding hydrogens is 274 g/mol. The van der Waals surface area contributed by atoms with Crippen molar-refractivity contribution >= 4 is 23.2 Å². The van der Waals surface area contributed by atoms with E-state index in [1.807, 2.05) is 13.0 Å². The molecule has 110 valence electrons. The van der Waals surface area contributed by atoms with Crippen LogP contribution in [0.4, 0.5) is 0 Å². The maximum atomic E-state index is 12.6. The van der Waals surface area contributed by atoms with E-state index in [1.165, 1.54) is 21.8 Å². The van der Waals surface area contributed by atoms with Crippen molar-refractivity contribution in [3.8, 4) is 0 Å². The Morgan fingerprint density at radius 3 is 2.80 bits per heavy atom. The summed E-state index contributed by atoms with van der Waals surface area (Å²) in [7, 11) is 0. The summed E-state index contributed by atoms with van der Waals surface area (Å²) in [6.45, 7) is 6.31. The second kappa shape index (κ2) is 5.56. The van der Waals surface area contributed by atoms with E-state index in [4.69, 9.17) is 0 Å². The Bertz CT molecular complexity index is 537. The van der Waals surface area contributed by atoms with E-state index < -0.39 is 11.5 Å². The first-order chi connectivity index (χ1) is 9.40. The second-order valence-electron chi connectivity index (χ2n) is 5.58. The first-order valence-electron chi connectivity index (χ1n) is 7.05. The molecule has 0 radical (unpaired) electrons. The van der Waals surface area contributed by atoms with Crippen molar-refractivity contribution in [1.29, 1.82) is 0 Å². The van der Waals surface area contributed by atoms with Crippen LogP contribution < -0.4 is 0 Å². The average molecular weight is 295 g/mol. The average Bonchev–Trinajstić information content (AvgIpc) is 2.95. The van der Waals surface area contributed by atoms with Gasteiger partial charge in [0.2, 0.25) is 0 Å². The highest BCUT2D eigenvalue weighted by molar-refractivity contribution is 7.14. The van der Waals surface area contributed by atoms with Gasteiger partial charge in [0.15, 0.2) is 0 Å². The van der Waals surface area contributed by atoms with Crippen LogP contribution in [0.1, 0.15) is 53.2 Å². The Kier molecular flexibility index (Phi) is 4.18. The minimum Gasteiger partial charge on any atom is -0.480 e. The van der Waals surface area contributed by atoms with Crippen LogP contribution in [-0.4, -0.2) is 34.0 Å². The molecule has 0 spiro atoms. The van der Waals surface area contributed by atoms with Gasteiger partial charge in [0.25, 0.3) is 5.91 Å². The summed E-state index contributed by atoms with van der Waals surface area (Å²) in [6.07, 6.45) is 3.29. The third-order valence-electron chi connectivity index (χ3n) is 4.10. The number of aliphatic carboxylic acids is 1. The van der Waals surface area contributed by atoms with Gasteiger partial charge < -0.3 is 10.0 Å². The SMILES string of the molecule is CCCc1cc(C(=O)N2CCCC2(C)C(=O)O)sc1C. The highest BCUT2D eigenvalue weighted by Crippen LogP contribution is 2.33. The zero-order chi connectivity index (χ0) is 14.9. The van der Waals surface area contributed by atoms with Crippen molar-refractivity contribution in [1.82, 2.24) is 4.90 Å². The number of thiophene rings is 1. The van der Waals surface area contributed by atoms with E-state index >= 15 is 0 Å². The van der Waals surface area contributed by atoms with Gasteiger partial charge in [0, 0.05) is 11.4 Å². The van der Waals surface area contributed by atoms with Crippen LogP contribution in [0.5, 0.6) is 0 Å². The van der Waals surface area contributed by atoms with E-state index in [-0.39, 0.29) is 5.91 Å². The number of amides is 1. The first kappa shape index (κ1) is 15.0. The molecular formula is C15H21NO3S. The molecule has 1 aromatic heterocycles. The molecule has 2 rings (SSSR count). The van der Waals surface area contributed by atoms with Gasteiger partial charge in [-0.2, -0.15) is 0 Å². The Balaban J connectivity index is 2.27. The molecule has 0 saturated carbocycles. The van der Waals surface area contributed by atoms with E-state index in [1.54, 1.807) is 6.92 Å². The highest BCUT2D eigenvalue weighted by atomic mass is 32.1. The molecule has 0 aliphatic carbocycles. The fraction of sp³-hybridized carbons (Fsp3) is 0.600. The molecule has 0 bridgehead atoms. The van der Waals surface area contributed by atoms with Crippen LogP contribution >= 0.6 is 11.3 Å². The largest absolute Gasteiger partial charge is 0.480 e. The number of aryl methyl sites for hydroxylation is 2. The Hall–Kier alpha value is -1.36. The number of likely N-dealkylation sites (tertiary alicyclic amines) is 1. The number of rotatable bonds is 4. The van der Waals surface area contributed by atoms with E-state index in [0.29, 0.717) is 17.8 Å². The third kappa shape index (κ3) is 2.46. The summed E-state index contributed by atoms with van der Waals surface area (Å²) >= 11 is 1.48. The predicted octanol–water partition coefficient (Wildman–Crippen LogP) is 3.09. The van der Waals surface area contributed by atoms with Gasteiger partial charge >= 0.3 is 5.97 Å². The number of carboxylic acid groups (broad SMARTS) is 1. The van der Waals surface area contributed by atoms with Gasteiger partial charge in [-0.25, -0.2) is 4.79 Å². The van der Waals surface area contributed by atoms with Gasteiger partial charge in [-0.15, -0.1) is 11.3 Å². The molecule has 1 N–H and O–H groups in total. The lowest BCUT2D eigenvalue weighted by Gasteiger charge is -2.30. The standard InChI is InChI=1S/C15H21NO3S/c1-4-6-11-9-12(20-10(11)2)13(17)16-8-5-7-15(16,3)14(18)19/h9H,4-8H2,1-3H3,(H,18,19). The van der Waals surface area contributed by atoms with E-state index in [0.717, 1.165) is 24.1 Å². The molecule has 0 aromatic carbocycles. The Morgan fingerprint density at radius 2 is 2.20 bits per heavy atom. The molecule has 20 heavy (non-hydrogen) atoms. The van der Waals surface area contributed by atoms with E-state index in [2.05, 4.69) is 6.92 Å². The maximum absolute atomic E-state index is 12.6. The molecule has 1 amide bonds. The summed E-state index contributed by atoms with van der Waals surface area (Å²) in [6, 6.07) is 1.94. The van der Waals surface area contributed by atoms with Crippen LogP contribution in [0.25, 0.3) is 0 Å². The van der Waals surface area contributed by atoms with Crippen LogP contribution in [0, 0.1) is 6.92 Å². The van der Waals surface area contributed by atoms with Gasteiger partial charge in [0.1, 0.15) is 5.54 Å². The van der Waals surface area contributed by atoms with Gasteiger partial charge in [0.05, 0.1) is 4.88 Å². The molecule has 1 aromatic rings. The summed E-state index contributed by atoms with van der Waals surface area (Å²) in [5.41, 5.74) is 0.150. The number of hydrogen-bond donors (Lipinski definition) is 1. The fourth-order valence-electron chi connectivity index (χ4n) is 2.79. The zero-order valence-electron chi connectivity index (χ0n) is 12.2. The quantitative estimate of drug-likeness (QED) is 0.928. The van der Waals surface area contributed by atoms with Crippen LogP contribution in [0.15, 0.2) is 6.07 Å². The Morgan fingerprint density at radius 1 is 1.50 bits per heavy atom. The van der Waals surface area contributed by atoms with Crippen molar-refractivity contribution in [3.63, 3.8) is 0 Å². The third-order valence-corrected chi connectivity index (χ3v) is 5.18. The van der Waals surface area contributed by atoms with E-state index in [9.17, 15) is 14.7 Å². The maximum Gasteiger partial charge on any atom is 0.329 e.